The van der Waals surface area contributed by atoms with Gasteiger partial charge in [-0.25, -0.2) is 0 Å². The summed E-state index contributed by atoms with van der Waals surface area (Å²) in [6.07, 6.45) is 7.05. The lowest BCUT2D eigenvalue weighted by Gasteiger charge is -2.17. The van der Waals surface area contributed by atoms with Crippen molar-refractivity contribution in [2.45, 2.75) is 44.9 Å². The van der Waals surface area contributed by atoms with E-state index < -0.39 is 0 Å². The van der Waals surface area contributed by atoms with Gasteiger partial charge in [-0.05, 0) is 50.2 Å². The fraction of sp³-hybridized carbons (Fsp3) is 0.667. The van der Waals surface area contributed by atoms with E-state index in [1.807, 2.05) is 23.1 Å². The Morgan fingerprint density at radius 1 is 1.12 bits per heavy atom. The van der Waals surface area contributed by atoms with Gasteiger partial charge in [-0.2, -0.15) is 0 Å². The van der Waals surface area contributed by atoms with Gasteiger partial charge in [0.2, 0.25) is 5.91 Å². The van der Waals surface area contributed by atoms with Gasteiger partial charge in [0.15, 0.2) is 17.5 Å². The number of likely N-dealkylation sites (tertiary alicyclic amines) is 1. The lowest BCUT2D eigenvalue weighted by molar-refractivity contribution is -0.129. The summed E-state index contributed by atoms with van der Waals surface area (Å²) in [6, 6.07) is 5.81. The minimum atomic E-state index is 0.207. The smallest absolute Gasteiger partial charge is 0.224 e. The van der Waals surface area contributed by atoms with Gasteiger partial charge < -0.3 is 29.7 Å². The molecule has 176 valence electrons. The summed E-state index contributed by atoms with van der Waals surface area (Å²) in [5, 5.41) is 6.66. The van der Waals surface area contributed by atoms with Gasteiger partial charge in [0.05, 0.1) is 13.2 Å². The van der Waals surface area contributed by atoms with Crippen molar-refractivity contribution in [1.29, 1.82) is 0 Å². The standard InChI is InChI=1S/C24H36N4O4/c29-23(28-12-1-2-13-28)9-11-26-24(25-10-3-14-30-18-19-5-6-19)27-20-7-8-21-22(17-20)32-16-4-15-31-21/h7-8,17,19H,1-6,9-16,18H2,(H2,25,26,27). The molecule has 4 rings (SSSR count). The van der Waals surface area contributed by atoms with Gasteiger partial charge in [0.25, 0.3) is 0 Å². The van der Waals surface area contributed by atoms with E-state index in [9.17, 15) is 4.79 Å². The van der Waals surface area contributed by atoms with Crippen molar-refractivity contribution in [3.63, 3.8) is 0 Å². The van der Waals surface area contributed by atoms with Crippen molar-refractivity contribution >= 4 is 17.6 Å². The normalized spacial score (nSPS) is 18.4. The molecule has 0 radical (unpaired) electrons. The molecule has 1 aromatic carbocycles. The van der Waals surface area contributed by atoms with E-state index in [4.69, 9.17) is 19.2 Å². The number of anilines is 1. The van der Waals surface area contributed by atoms with E-state index in [2.05, 4.69) is 10.6 Å². The molecule has 8 heteroatoms. The molecule has 1 aromatic rings. The maximum atomic E-state index is 12.3. The number of fused-ring (bicyclic) bond motifs is 1. The third-order valence-corrected chi connectivity index (χ3v) is 5.87. The van der Waals surface area contributed by atoms with Crippen LogP contribution in [0.15, 0.2) is 23.2 Å². The first-order chi connectivity index (χ1) is 15.8. The number of aliphatic imine (C=N–C) groups is 1. The van der Waals surface area contributed by atoms with Crippen molar-refractivity contribution in [2.75, 3.05) is 57.9 Å². The number of nitrogens with zero attached hydrogens (tertiary/aromatic N) is 2. The minimum Gasteiger partial charge on any atom is -0.490 e. The zero-order valence-corrected chi connectivity index (χ0v) is 18.9. The summed E-state index contributed by atoms with van der Waals surface area (Å²) in [5.41, 5.74) is 0.872. The Hall–Kier alpha value is -2.48. The van der Waals surface area contributed by atoms with Crippen LogP contribution < -0.4 is 20.1 Å². The van der Waals surface area contributed by atoms with E-state index in [1.54, 1.807) is 0 Å². The first kappa shape index (κ1) is 22.7. The zero-order valence-electron chi connectivity index (χ0n) is 18.9. The largest absolute Gasteiger partial charge is 0.490 e. The fourth-order valence-electron chi connectivity index (χ4n) is 3.82. The first-order valence-corrected chi connectivity index (χ1v) is 12.1. The molecule has 0 unspecified atom stereocenters. The molecule has 2 N–H and O–H groups in total. The minimum absolute atomic E-state index is 0.207. The van der Waals surface area contributed by atoms with E-state index in [0.717, 1.165) is 75.1 Å². The van der Waals surface area contributed by atoms with Crippen molar-refractivity contribution < 1.29 is 19.0 Å². The van der Waals surface area contributed by atoms with Gasteiger partial charge in [0, 0.05) is 64.0 Å². The lowest BCUT2D eigenvalue weighted by Crippen LogP contribution is -2.35. The highest BCUT2D eigenvalue weighted by atomic mass is 16.5. The lowest BCUT2D eigenvalue weighted by atomic mass is 10.2. The zero-order chi connectivity index (χ0) is 22.0. The highest BCUT2D eigenvalue weighted by Crippen LogP contribution is 2.32. The van der Waals surface area contributed by atoms with E-state index in [-0.39, 0.29) is 5.91 Å². The van der Waals surface area contributed by atoms with Gasteiger partial charge >= 0.3 is 0 Å². The summed E-state index contributed by atoms with van der Waals surface area (Å²) in [6.45, 7) is 5.89. The Balaban J connectivity index is 1.29. The monoisotopic (exact) mass is 444 g/mol. The maximum absolute atomic E-state index is 12.3. The van der Waals surface area contributed by atoms with Crippen LogP contribution in [0.1, 0.15) is 44.9 Å². The molecule has 1 saturated carbocycles. The van der Waals surface area contributed by atoms with Crippen LogP contribution in [-0.4, -0.2) is 69.4 Å². The Kier molecular flexibility index (Phi) is 8.48. The first-order valence-electron chi connectivity index (χ1n) is 12.1. The molecular formula is C24H36N4O4. The van der Waals surface area contributed by atoms with Crippen LogP contribution >= 0.6 is 0 Å². The second kappa shape index (κ2) is 11.9. The number of guanidine groups is 1. The molecule has 1 saturated heterocycles. The van der Waals surface area contributed by atoms with Gasteiger partial charge in [0.1, 0.15) is 0 Å². The molecule has 0 aromatic heterocycles. The molecule has 0 spiro atoms. The van der Waals surface area contributed by atoms with Crippen LogP contribution in [0.3, 0.4) is 0 Å². The van der Waals surface area contributed by atoms with Crippen LogP contribution in [0, 0.1) is 5.92 Å². The van der Waals surface area contributed by atoms with E-state index >= 15 is 0 Å². The van der Waals surface area contributed by atoms with E-state index in [0.29, 0.717) is 38.7 Å². The Morgan fingerprint density at radius 2 is 1.94 bits per heavy atom. The topological polar surface area (TPSA) is 84.4 Å². The third-order valence-electron chi connectivity index (χ3n) is 5.87. The predicted molar refractivity (Wildman–Crippen MR) is 125 cm³/mol. The quantitative estimate of drug-likeness (QED) is 0.328. The molecule has 3 aliphatic rings. The Labute approximate surface area is 190 Å². The SMILES string of the molecule is O=C(CCNC(=NCCCOCC1CC1)Nc1ccc2c(c1)OCCCO2)N1CCCC1. The van der Waals surface area contributed by atoms with Crippen molar-refractivity contribution in [3.8, 4) is 11.5 Å². The summed E-state index contributed by atoms with van der Waals surface area (Å²) in [7, 11) is 0. The number of ether oxygens (including phenoxy) is 3. The number of carbonyl (C=O) groups is 1. The predicted octanol–water partition coefficient (Wildman–Crippen LogP) is 3.03. The number of rotatable bonds is 10. The molecule has 8 nitrogen and oxygen atoms in total. The van der Waals surface area contributed by atoms with Crippen LogP contribution in [0.2, 0.25) is 0 Å². The van der Waals surface area contributed by atoms with Crippen molar-refractivity contribution in [2.24, 2.45) is 10.9 Å². The van der Waals surface area contributed by atoms with Crippen molar-refractivity contribution in [1.82, 2.24) is 10.2 Å². The molecule has 2 fully saturated rings. The number of benzene rings is 1. The molecule has 0 atom stereocenters. The van der Waals surface area contributed by atoms with Crippen LogP contribution in [-0.2, 0) is 9.53 Å². The van der Waals surface area contributed by atoms with Gasteiger partial charge in [-0.1, -0.05) is 0 Å². The Morgan fingerprint density at radius 3 is 2.75 bits per heavy atom. The highest BCUT2D eigenvalue weighted by molar-refractivity contribution is 5.94. The number of nitrogens with one attached hydrogen (secondary N) is 2. The van der Waals surface area contributed by atoms with Crippen LogP contribution in [0.4, 0.5) is 5.69 Å². The molecule has 2 aliphatic heterocycles. The second-order valence-corrected chi connectivity index (χ2v) is 8.70. The second-order valence-electron chi connectivity index (χ2n) is 8.70. The van der Waals surface area contributed by atoms with Crippen LogP contribution in [0.5, 0.6) is 11.5 Å². The average Bonchev–Trinajstić information content (AvgIpc) is 3.52. The summed E-state index contributed by atoms with van der Waals surface area (Å²) < 4.78 is 17.2. The van der Waals surface area contributed by atoms with E-state index in [1.165, 1.54) is 12.8 Å². The van der Waals surface area contributed by atoms with Crippen LogP contribution in [0.25, 0.3) is 0 Å². The number of carbonyl (C=O) groups excluding carboxylic acids is 1. The molecule has 1 amide bonds. The Bertz CT molecular complexity index is 775. The van der Waals surface area contributed by atoms with Gasteiger partial charge in [-0.3, -0.25) is 9.79 Å². The van der Waals surface area contributed by atoms with Gasteiger partial charge in [-0.15, -0.1) is 0 Å². The van der Waals surface area contributed by atoms with Crippen molar-refractivity contribution in [3.05, 3.63) is 18.2 Å². The molecule has 0 bridgehead atoms. The molecular weight excluding hydrogens is 408 g/mol. The molecule has 32 heavy (non-hydrogen) atoms. The average molecular weight is 445 g/mol. The number of hydrogen-bond acceptors (Lipinski definition) is 5. The summed E-state index contributed by atoms with van der Waals surface area (Å²) in [5.74, 6) is 3.16. The highest BCUT2D eigenvalue weighted by Gasteiger charge is 2.21. The molecule has 2 heterocycles. The number of hydrogen-bond donors (Lipinski definition) is 2. The summed E-state index contributed by atoms with van der Waals surface area (Å²) >= 11 is 0. The maximum Gasteiger partial charge on any atom is 0.224 e. The third kappa shape index (κ3) is 7.29. The molecule has 1 aliphatic carbocycles. The summed E-state index contributed by atoms with van der Waals surface area (Å²) in [4.78, 5) is 19.0. The fourth-order valence-corrected chi connectivity index (χ4v) is 3.82. The number of amides is 1.